The van der Waals surface area contributed by atoms with E-state index in [0.29, 0.717) is 17.9 Å². The number of furan rings is 1. The zero-order valence-corrected chi connectivity index (χ0v) is 11.3. The molecule has 0 aliphatic rings. The van der Waals surface area contributed by atoms with Crippen LogP contribution in [0.4, 0.5) is 0 Å². The van der Waals surface area contributed by atoms with Crippen LogP contribution in [0.5, 0.6) is 0 Å². The number of carbonyl (C=O) groups excluding carboxylic acids is 1. The number of hydrogen-bond donors (Lipinski definition) is 0. The number of ether oxygens (including phenoxy) is 1. The van der Waals surface area contributed by atoms with Gasteiger partial charge in [0.1, 0.15) is 11.3 Å². The maximum atomic E-state index is 11.9. The normalized spacial score (nSPS) is 10.4. The van der Waals surface area contributed by atoms with Crippen LogP contribution in [0, 0.1) is 6.92 Å². The van der Waals surface area contributed by atoms with Crippen molar-refractivity contribution in [3.63, 3.8) is 0 Å². The second-order valence-corrected chi connectivity index (χ2v) is 4.40. The van der Waals surface area contributed by atoms with Gasteiger partial charge < -0.3 is 9.15 Å². The monoisotopic (exact) mass is 258 g/mol. The Bertz CT molecular complexity index is 540. The molecule has 1 aromatic heterocycles. The van der Waals surface area contributed by atoms with E-state index in [1.165, 1.54) is 5.56 Å². The SMILES string of the molecule is CCOC(=O)c1c(CCc2ccccc2)coc1C. The highest BCUT2D eigenvalue weighted by molar-refractivity contribution is 5.92. The van der Waals surface area contributed by atoms with Crippen LogP contribution in [0.15, 0.2) is 41.0 Å². The van der Waals surface area contributed by atoms with Crippen LogP contribution in [-0.4, -0.2) is 12.6 Å². The Morgan fingerprint density at radius 3 is 2.63 bits per heavy atom. The highest BCUT2D eigenvalue weighted by Gasteiger charge is 2.18. The number of rotatable bonds is 5. The van der Waals surface area contributed by atoms with E-state index in [-0.39, 0.29) is 5.97 Å². The van der Waals surface area contributed by atoms with Crippen LogP contribution in [-0.2, 0) is 17.6 Å². The quantitative estimate of drug-likeness (QED) is 0.770. The van der Waals surface area contributed by atoms with E-state index in [1.54, 1.807) is 20.1 Å². The Balaban J connectivity index is 2.11. The minimum absolute atomic E-state index is 0.295. The van der Waals surface area contributed by atoms with Crippen molar-refractivity contribution in [2.45, 2.75) is 26.7 Å². The molecule has 3 heteroatoms. The Morgan fingerprint density at radius 2 is 1.95 bits per heavy atom. The van der Waals surface area contributed by atoms with E-state index in [1.807, 2.05) is 18.2 Å². The van der Waals surface area contributed by atoms with Crippen molar-refractivity contribution in [1.29, 1.82) is 0 Å². The van der Waals surface area contributed by atoms with E-state index in [2.05, 4.69) is 12.1 Å². The molecule has 0 unspecified atom stereocenters. The van der Waals surface area contributed by atoms with E-state index in [4.69, 9.17) is 9.15 Å². The summed E-state index contributed by atoms with van der Waals surface area (Å²) in [6, 6.07) is 10.2. The zero-order chi connectivity index (χ0) is 13.7. The fourth-order valence-corrected chi connectivity index (χ4v) is 2.09. The summed E-state index contributed by atoms with van der Waals surface area (Å²) in [7, 11) is 0. The highest BCUT2D eigenvalue weighted by Crippen LogP contribution is 2.20. The van der Waals surface area contributed by atoms with Crippen LogP contribution in [0.1, 0.15) is 34.2 Å². The summed E-state index contributed by atoms with van der Waals surface area (Å²) in [4.78, 5) is 11.9. The lowest BCUT2D eigenvalue weighted by Crippen LogP contribution is -2.08. The number of benzene rings is 1. The minimum Gasteiger partial charge on any atom is -0.468 e. The Morgan fingerprint density at radius 1 is 1.21 bits per heavy atom. The first-order chi connectivity index (χ1) is 9.22. The van der Waals surface area contributed by atoms with Gasteiger partial charge in [0.15, 0.2) is 0 Å². The molecule has 0 aliphatic carbocycles. The number of esters is 1. The van der Waals surface area contributed by atoms with Crippen molar-refractivity contribution in [2.75, 3.05) is 6.61 Å². The Labute approximate surface area is 113 Å². The number of carbonyl (C=O) groups is 1. The van der Waals surface area contributed by atoms with Gasteiger partial charge in [0.05, 0.1) is 12.9 Å². The molecule has 0 N–H and O–H groups in total. The molecule has 0 bridgehead atoms. The third-order valence-corrected chi connectivity index (χ3v) is 3.06. The zero-order valence-electron chi connectivity index (χ0n) is 11.3. The average molecular weight is 258 g/mol. The van der Waals surface area contributed by atoms with Crippen LogP contribution in [0.25, 0.3) is 0 Å². The molecule has 1 aromatic carbocycles. The fraction of sp³-hybridized carbons (Fsp3) is 0.312. The minimum atomic E-state index is -0.295. The molecule has 0 atom stereocenters. The third-order valence-electron chi connectivity index (χ3n) is 3.06. The van der Waals surface area contributed by atoms with Gasteiger partial charge in [-0.1, -0.05) is 30.3 Å². The van der Waals surface area contributed by atoms with Gasteiger partial charge in [-0.15, -0.1) is 0 Å². The van der Waals surface area contributed by atoms with Crippen molar-refractivity contribution in [3.05, 3.63) is 59.0 Å². The van der Waals surface area contributed by atoms with E-state index in [9.17, 15) is 4.79 Å². The highest BCUT2D eigenvalue weighted by atomic mass is 16.5. The second kappa shape index (κ2) is 6.23. The molecule has 0 amide bonds. The predicted octanol–water partition coefficient (Wildman–Crippen LogP) is 3.55. The van der Waals surface area contributed by atoms with Crippen LogP contribution < -0.4 is 0 Å². The molecule has 0 radical (unpaired) electrons. The van der Waals surface area contributed by atoms with Crippen molar-refractivity contribution in [2.24, 2.45) is 0 Å². The molecule has 1 heterocycles. The average Bonchev–Trinajstić information content (AvgIpc) is 2.79. The Hall–Kier alpha value is -2.03. The van der Waals surface area contributed by atoms with Gasteiger partial charge in [-0.25, -0.2) is 4.79 Å². The summed E-state index contributed by atoms with van der Waals surface area (Å²) in [5.41, 5.74) is 2.74. The maximum Gasteiger partial charge on any atom is 0.341 e. The first-order valence-electron chi connectivity index (χ1n) is 6.50. The molecule has 19 heavy (non-hydrogen) atoms. The maximum absolute atomic E-state index is 11.9. The molecule has 0 saturated heterocycles. The molecule has 2 aromatic rings. The summed E-state index contributed by atoms with van der Waals surface area (Å²) in [6.07, 6.45) is 3.31. The lowest BCUT2D eigenvalue weighted by Gasteiger charge is -2.04. The molecular weight excluding hydrogens is 240 g/mol. The smallest absolute Gasteiger partial charge is 0.341 e. The van der Waals surface area contributed by atoms with Crippen molar-refractivity contribution < 1.29 is 13.9 Å². The van der Waals surface area contributed by atoms with Crippen LogP contribution in [0.2, 0.25) is 0 Å². The predicted molar refractivity (Wildman–Crippen MR) is 73.3 cm³/mol. The summed E-state index contributed by atoms with van der Waals surface area (Å²) >= 11 is 0. The molecule has 0 spiro atoms. The fourth-order valence-electron chi connectivity index (χ4n) is 2.09. The second-order valence-electron chi connectivity index (χ2n) is 4.40. The molecule has 0 aliphatic heterocycles. The van der Waals surface area contributed by atoms with Crippen molar-refractivity contribution in [3.8, 4) is 0 Å². The molecule has 3 nitrogen and oxygen atoms in total. The summed E-state index contributed by atoms with van der Waals surface area (Å²) in [5, 5.41) is 0. The van der Waals surface area contributed by atoms with Crippen molar-refractivity contribution in [1.82, 2.24) is 0 Å². The summed E-state index contributed by atoms with van der Waals surface area (Å²) < 4.78 is 10.4. The summed E-state index contributed by atoms with van der Waals surface area (Å²) in [5.74, 6) is 0.332. The van der Waals surface area contributed by atoms with Gasteiger partial charge >= 0.3 is 5.97 Å². The molecule has 100 valence electrons. The largest absolute Gasteiger partial charge is 0.468 e. The first-order valence-corrected chi connectivity index (χ1v) is 6.50. The standard InChI is InChI=1S/C16H18O3/c1-3-18-16(17)15-12(2)19-11-14(15)10-9-13-7-5-4-6-8-13/h4-8,11H,3,9-10H2,1-2H3. The molecule has 0 fully saturated rings. The lowest BCUT2D eigenvalue weighted by molar-refractivity contribution is 0.0523. The van der Waals surface area contributed by atoms with Gasteiger partial charge in [0.2, 0.25) is 0 Å². The van der Waals surface area contributed by atoms with Crippen molar-refractivity contribution >= 4 is 5.97 Å². The number of aryl methyl sites for hydroxylation is 3. The summed E-state index contributed by atoms with van der Waals surface area (Å²) in [6.45, 7) is 3.97. The van der Waals surface area contributed by atoms with Gasteiger partial charge in [0, 0.05) is 5.56 Å². The molecular formula is C16H18O3. The van der Waals surface area contributed by atoms with Gasteiger partial charge in [-0.3, -0.25) is 0 Å². The third kappa shape index (κ3) is 3.25. The van der Waals surface area contributed by atoms with E-state index < -0.39 is 0 Å². The van der Waals surface area contributed by atoms with Crippen LogP contribution in [0.3, 0.4) is 0 Å². The van der Waals surface area contributed by atoms with E-state index >= 15 is 0 Å². The van der Waals surface area contributed by atoms with Gasteiger partial charge in [-0.2, -0.15) is 0 Å². The van der Waals surface area contributed by atoms with E-state index in [0.717, 1.165) is 18.4 Å². The lowest BCUT2D eigenvalue weighted by atomic mass is 10.0. The van der Waals surface area contributed by atoms with Gasteiger partial charge in [0.25, 0.3) is 0 Å². The molecule has 0 saturated carbocycles. The van der Waals surface area contributed by atoms with Crippen LogP contribution >= 0.6 is 0 Å². The Kier molecular flexibility index (Phi) is 4.39. The molecule has 2 rings (SSSR count). The first kappa shape index (κ1) is 13.4. The topological polar surface area (TPSA) is 39.4 Å². The van der Waals surface area contributed by atoms with Gasteiger partial charge in [-0.05, 0) is 32.3 Å². The number of hydrogen-bond acceptors (Lipinski definition) is 3.